The van der Waals surface area contributed by atoms with Gasteiger partial charge in [0.1, 0.15) is 0 Å². The van der Waals surface area contributed by atoms with Gasteiger partial charge in [-0.15, -0.1) is 0 Å². The minimum Gasteiger partial charge on any atom is -0.478 e. The number of piperidine rings is 1. The molecule has 1 aromatic rings. The molecule has 1 aliphatic heterocycles. The monoisotopic (exact) mass is 276 g/mol. The molecule has 1 unspecified atom stereocenters. The minimum absolute atomic E-state index is 0.343. The first-order valence-corrected chi connectivity index (χ1v) is 7.43. The average Bonchev–Trinajstić information content (AvgIpc) is 2.46. The van der Waals surface area contributed by atoms with E-state index in [-0.39, 0.29) is 0 Å². The third kappa shape index (κ3) is 4.62. The predicted octanol–water partition coefficient (Wildman–Crippen LogP) is 2.35. The lowest BCUT2D eigenvalue weighted by atomic mass is 10.1. The number of aromatic carboxylic acids is 1. The lowest BCUT2D eigenvalue weighted by Gasteiger charge is -2.29. The van der Waals surface area contributed by atoms with E-state index in [4.69, 9.17) is 5.11 Å². The normalized spacial score (nSPS) is 17.9. The summed E-state index contributed by atoms with van der Waals surface area (Å²) in [5.41, 5.74) is 1.47. The van der Waals surface area contributed by atoms with Crippen molar-refractivity contribution in [2.75, 3.05) is 19.6 Å². The van der Waals surface area contributed by atoms with Crippen LogP contribution in [0.15, 0.2) is 24.3 Å². The van der Waals surface area contributed by atoms with Gasteiger partial charge < -0.3 is 15.3 Å². The molecule has 1 saturated heterocycles. The van der Waals surface area contributed by atoms with Gasteiger partial charge in [-0.1, -0.05) is 18.6 Å². The van der Waals surface area contributed by atoms with E-state index < -0.39 is 5.97 Å². The molecular weight excluding hydrogens is 252 g/mol. The SMILES string of the molecule is CC(CN1CCCCC1)NCc1ccc(C(=O)O)cc1. The molecule has 0 aromatic heterocycles. The smallest absolute Gasteiger partial charge is 0.335 e. The first-order valence-electron chi connectivity index (χ1n) is 7.43. The summed E-state index contributed by atoms with van der Waals surface area (Å²) in [4.78, 5) is 13.3. The summed E-state index contributed by atoms with van der Waals surface area (Å²) < 4.78 is 0. The summed E-state index contributed by atoms with van der Waals surface area (Å²) in [7, 11) is 0. The molecule has 0 amide bonds. The van der Waals surface area contributed by atoms with Crippen molar-refractivity contribution < 1.29 is 9.90 Å². The van der Waals surface area contributed by atoms with Gasteiger partial charge in [-0.3, -0.25) is 0 Å². The fourth-order valence-electron chi connectivity index (χ4n) is 2.65. The van der Waals surface area contributed by atoms with E-state index in [0.717, 1.165) is 18.7 Å². The second-order valence-corrected chi connectivity index (χ2v) is 5.65. The first kappa shape index (κ1) is 15.0. The van der Waals surface area contributed by atoms with E-state index in [0.29, 0.717) is 11.6 Å². The van der Waals surface area contributed by atoms with Crippen LogP contribution in [-0.4, -0.2) is 41.7 Å². The number of carbonyl (C=O) groups is 1. The molecule has 1 fully saturated rings. The van der Waals surface area contributed by atoms with Crippen LogP contribution in [0.2, 0.25) is 0 Å². The summed E-state index contributed by atoms with van der Waals surface area (Å²) in [6.07, 6.45) is 4.01. The van der Waals surface area contributed by atoms with Crippen LogP contribution in [-0.2, 0) is 6.54 Å². The fraction of sp³-hybridized carbons (Fsp3) is 0.562. The van der Waals surface area contributed by atoms with Crippen molar-refractivity contribution in [1.29, 1.82) is 0 Å². The summed E-state index contributed by atoms with van der Waals surface area (Å²) >= 11 is 0. The highest BCUT2D eigenvalue weighted by Crippen LogP contribution is 2.09. The molecule has 2 rings (SSSR count). The quantitative estimate of drug-likeness (QED) is 0.837. The number of benzene rings is 1. The van der Waals surface area contributed by atoms with Gasteiger partial charge in [0, 0.05) is 19.1 Å². The van der Waals surface area contributed by atoms with Crippen molar-refractivity contribution in [2.45, 2.75) is 38.8 Å². The highest BCUT2D eigenvalue weighted by atomic mass is 16.4. The molecule has 1 atom stereocenters. The molecule has 0 saturated carbocycles. The van der Waals surface area contributed by atoms with Gasteiger partial charge in [0.05, 0.1) is 5.56 Å². The Hall–Kier alpha value is -1.39. The van der Waals surface area contributed by atoms with Crippen molar-refractivity contribution in [3.05, 3.63) is 35.4 Å². The van der Waals surface area contributed by atoms with Crippen molar-refractivity contribution >= 4 is 5.97 Å². The third-order valence-corrected chi connectivity index (χ3v) is 3.84. The van der Waals surface area contributed by atoms with Crippen molar-refractivity contribution in [1.82, 2.24) is 10.2 Å². The topological polar surface area (TPSA) is 52.6 Å². The maximum Gasteiger partial charge on any atom is 0.335 e. The number of nitrogens with zero attached hydrogens (tertiary/aromatic N) is 1. The fourth-order valence-corrected chi connectivity index (χ4v) is 2.65. The number of carboxylic acids is 1. The third-order valence-electron chi connectivity index (χ3n) is 3.84. The van der Waals surface area contributed by atoms with Gasteiger partial charge in [-0.2, -0.15) is 0 Å². The number of nitrogens with one attached hydrogen (secondary N) is 1. The summed E-state index contributed by atoms with van der Waals surface area (Å²) in [5.74, 6) is -0.872. The van der Waals surface area contributed by atoms with Crippen LogP contribution < -0.4 is 5.32 Å². The molecule has 2 N–H and O–H groups in total. The van der Waals surface area contributed by atoms with Crippen LogP contribution in [0.25, 0.3) is 0 Å². The van der Waals surface area contributed by atoms with E-state index in [2.05, 4.69) is 17.1 Å². The van der Waals surface area contributed by atoms with Crippen LogP contribution in [0.4, 0.5) is 0 Å². The van der Waals surface area contributed by atoms with Crippen LogP contribution in [0, 0.1) is 0 Å². The van der Waals surface area contributed by atoms with Crippen molar-refractivity contribution in [3.8, 4) is 0 Å². The van der Waals surface area contributed by atoms with Gasteiger partial charge in [-0.05, 0) is 50.6 Å². The zero-order chi connectivity index (χ0) is 14.4. The molecule has 1 aliphatic rings. The Morgan fingerprint density at radius 1 is 1.25 bits per heavy atom. The molecule has 0 spiro atoms. The summed E-state index contributed by atoms with van der Waals surface area (Å²) in [6.45, 7) is 6.53. The molecule has 110 valence electrons. The van der Waals surface area contributed by atoms with Gasteiger partial charge in [0.15, 0.2) is 0 Å². The Bertz CT molecular complexity index is 425. The highest BCUT2D eigenvalue weighted by molar-refractivity contribution is 5.87. The Labute approximate surface area is 120 Å². The Morgan fingerprint density at radius 2 is 1.90 bits per heavy atom. The molecule has 0 aliphatic carbocycles. The Kier molecular flexibility index (Phi) is 5.56. The molecular formula is C16H24N2O2. The minimum atomic E-state index is -0.872. The van der Waals surface area contributed by atoms with Gasteiger partial charge in [0.2, 0.25) is 0 Å². The van der Waals surface area contributed by atoms with E-state index in [1.807, 2.05) is 12.1 Å². The number of likely N-dealkylation sites (tertiary alicyclic amines) is 1. The molecule has 0 radical (unpaired) electrons. The van der Waals surface area contributed by atoms with Gasteiger partial charge in [0.25, 0.3) is 0 Å². The van der Waals surface area contributed by atoms with Gasteiger partial charge >= 0.3 is 5.97 Å². The van der Waals surface area contributed by atoms with E-state index in [1.165, 1.54) is 32.4 Å². The summed E-state index contributed by atoms with van der Waals surface area (Å²) in [5, 5.41) is 12.4. The van der Waals surface area contributed by atoms with Crippen molar-refractivity contribution in [2.24, 2.45) is 0 Å². The zero-order valence-corrected chi connectivity index (χ0v) is 12.1. The molecule has 0 bridgehead atoms. The first-order chi connectivity index (χ1) is 9.65. The van der Waals surface area contributed by atoms with Crippen LogP contribution >= 0.6 is 0 Å². The second kappa shape index (κ2) is 7.41. The van der Waals surface area contributed by atoms with E-state index in [9.17, 15) is 4.79 Å². The number of hydrogen-bond donors (Lipinski definition) is 2. The standard InChI is InChI=1S/C16H24N2O2/c1-13(12-18-9-3-2-4-10-18)17-11-14-5-7-15(8-6-14)16(19)20/h5-8,13,17H,2-4,9-12H2,1H3,(H,19,20). The Balaban J connectivity index is 1.74. The molecule has 4 nitrogen and oxygen atoms in total. The highest BCUT2D eigenvalue weighted by Gasteiger charge is 2.13. The largest absolute Gasteiger partial charge is 0.478 e. The molecule has 1 heterocycles. The second-order valence-electron chi connectivity index (χ2n) is 5.65. The zero-order valence-electron chi connectivity index (χ0n) is 12.1. The predicted molar refractivity (Wildman–Crippen MR) is 80.0 cm³/mol. The van der Waals surface area contributed by atoms with Crippen LogP contribution in [0.5, 0.6) is 0 Å². The molecule has 20 heavy (non-hydrogen) atoms. The number of carboxylic acid groups (broad SMARTS) is 1. The maximum atomic E-state index is 10.8. The molecule has 1 aromatic carbocycles. The average molecular weight is 276 g/mol. The summed E-state index contributed by atoms with van der Waals surface area (Å²) in [6, 6.07) is 7.53. The van der Waals surface area contributed by atoms with Gasteiger partial charge in [-0.25, -0.2) is 4.79 Å². The lowest BCUT2D eigenvalue weighted by Crippen LogP contribution is -2.41. The van der Waals surface area contributed by atoms with Crippen molar-refractivity contribution in [3.63, 3.8) is 0 Å². The lowest BCUT2D eigenvalue weighted by molar-refractivity contribution is 0.0697. The molecule has 4 heteroatoms. The van der Waals surface area contributed by atoms with Crippen LogP contribution in [0.1, 0.15) is 42.1 Å². The maximum absolute atomic E-state index is 10.8. The Morgan fingerprint density at radius 3 is 2.50 bits per heavy atom. The van der Waals surface area contributed by atoms with E-state index >= 15 is 0 Å². The number of hydrogen-bond acceptors (Lipinski definition) is 3. The number of rotatable bonds is 6. The van der Waals surface area contributed by atoms with E-state index in [1.54, 1.807) is 12.1 Å². The van der Waals surface area contributed by atoms with Crippen LogP contribution in [0.3, 0.4) is 0 Å².